The molecule has 1 saturated carbocycles. The normalized spacial score (nSPS) is 18.1. The SMILES string of the molecule is CC=CC=C1CC1. The molecule has 0 saturated heterocycles. The second-order valence-electron chi connectivity index (χ2n) is 1.85. The summed E-state index contributed by atoms with van der Waals surface area (Å²) in [4.78, 5) is 0. The standard InChI is InChI=1S/C7H10/c1-2-3-4-7-5-6-7/h2-4H,5-6H2,1H3. The van der Waals surface area contributed by atoms with Gasteiger partial charge < -0.3 is 0 Å². The molecule has 1 fully saturated rings. The Balaban J connectivity index is 2.31. The third kappa shape index (κ3) is 1.58. The maximum absolute atomic E-state index is 2.19. The van der Waals surface area contributed by atoms with Gasteiger partial charge in [0.15, 0.2) is 0 Å². The number of hydrogen-bond donors (Lipinski definition) is 0. The first-order chi connectivity index (χ1) is 3.43. The van der Waals surface area contributed by atoms with Gasteiger partial charge in [0.25, 0.3) is 0 Å². The molecule has 0 bridgehead atoms. The molecule has 1 aliphatic rings. The van der Waals surface area contributed by atoms with Crippen molar-refractivity contribution in [2.24, 2.45) is 0 Å². The molecule has 0 heteroatoms. The van der Waals surface area contributed by atoms with E-state index in [4.69, 9.17) is 0 Å². The Bertz CT molecular complexity index is 101. The molecule has 0 aromatic rings. The third-order valence-corrected chi connectivity index (χ3v) is 1.06. The Morgan fingerprint density at radius 3 is 2.57 bits per heavy atom. The molecule has 1 rings (SSSR count). The molecule has 0 nitrogen and oxygen atoms in total. The molecule has 0 spiro atoms. The van der Waals surface area contributed by atoms with E-state index in [0.717, 1.165) is 0 Å². The lowest BCUT2D eigenvalue weighted by Crippen LogP contribution is -1.42. The molecule has 0 amide bonds. The van der Waals surface area contributed by atoms with Gasteiger partial charge >= 0.3 is 0 Å². The van der Waals surface area contributed by atoms with Crippen molar-refractivity contribution in [3.05, 3.63) is 23.8 Å². The quantitative estimate of drug-likeness (QED) is 0.467. The topological polar surface area (TPSA) is 0 Å². The average Bonchev–Trinajstić information content (AvgIpc) is 2.42. The second-order valence-corrected chi connectivity index (χ2v) is 1.85. The van der Waals surface area contributed by atoms with Crippen LogP contribution in [0.2, 0.25) is 0 Å². The van der Waals surface area contributed by atoms with Gasteiger partial charge in [0, 0.05) is 0 Å². The number of rotatable bonds is 1. The average molecular weight is 94.2 g/mol. The Morgan fingerprint density at radius 1 is 1.43 bits per heavy atom. The van der Waals surface area contributed by atoms with Gasteiger partial charge in [0.1, 0.15) is 0 Å². The molecule has 0 aromatic carbocycles. The highest BCUT2D eigenvalue weighted by Crippen LogP contribution is 2.26. The molecular weight excluding hydrogens is 84.1 g/mol. The van der Waals surface area contributed by atoms with Crippen LogP contribution >= 0.6 is 0 Å². The van der Waals surface area contributed by atoms with Crippen molar-refractivity contribution < 1.29 is 0 Å². The summed E-state index contributed by atoms with van der Waals surface area (Å²) in [6.07, 6.45) is 9.03. The molecular formula is C7H10. The van der Waals surface area contributed by atoms with Gasteiger partial charge in [-0.15, -0.1) is 0 Å². The first-order valence-corrected chi connectivity index (χ1v) is 2.74. The van der Waals surface area contributed by atoms with E-state index in [9.17, 15) is 0 Å². The van der Waals surface area contributed by atoms with E-state index in [1.165, 1.54) is 12.8 Å². The van der Waals surface area contributed by atoms with Crippen LogP contribution in [0.25, 0.3) is 0 Å². The van der Waals surface area contributed by atoms with Crippen LogP contribution in [-0.2, 0) is 0 Å². The highest BCUT2D eigenvalue weighted by Gasteiger charge is 2.07. The fourth-order valence-electron chi connectivity index (χ4n) is 0.471. The van der Waals surface area contributed by atoms with E-state index < -0.39 is 0 Å². The van der Waals surface area contributed by atoms with Gasteiger partial charge in [0.05, 0.1) is 0 Å². The molecule has 0 unspecified atom stereocenters. The fraction of sp³-hybridized carbons (Fsp3) is 0.429. The van der Waals surface area contributed by atoms with Gasteiger partial charge in [-0.1, -0.05) is 23.8 Å². The summed E-state index contributed by atoms with van der Waals surface area (Å²) >= 11 is 0. The predicted octanol–water partition coefficient (Wildman–Crippen LogP) is 2.28. The molecule has 7 heavy (non-hydrogen) atoms. The minimum atomic E-state index is 1.34. The van der Waals surface area contributed by atoms with E-state index in [2.05, 4.69) is 18.2 Å². The van der Waals surface area contributed by atoms with Crippen molar-refractivity contribution >= 4 is 0 Å². The van der Waals surface area contributed by atoms with Crippen LogP contribution in [0, 0.1) is 0 Å². The Morgan fingerprint density at radius 2 is 2.14 bits per heavy atom. The monoisotopic (exact) mass is 94.1 g/mol. The first-order valence-electron chi connectivity index (χ1n) is 2.74. The second kappa shape index (κ2) is 1.97. The van der Waals surface area contributed by atoms with Crippen LogP contribution in [-0.4, -0.2) is 0 Å². The number of allylic oxidation sites excluding steroid dienone is 4. The maximum atomic E-state index is 2.19. The van der Waals surface area contributed by atoms with Crippen LogP contribution in [0.4, 0.5) is 0 Å². The fourth-order valence-corrected chi connectivity index (χ4v) is 0.471. The smallest absolute Gasteiger partial charge is 0.0280 e. The molecule has 0 aromatic heterocycles. The Kier molecular flexibility index (Phi) is 1.30. The van der Waals surface area contributed by atoms with E-state index in [0.29, 0.717) is 0 Å². The molecule has 0 aliphatic heterocycles. The van der Waals surface area contributed by atoms with Gasteiger partial charge in [-0.05, 0) is 19.8 Å². The van der Waals surface area contributed by atoms with E-state index >= 15 is 0 Å². The summed E-state index contributed by atoms with van der Waals surface area (Å²) in [5, 5.41) is 0. The summed E-state index contributed by atoms with van der Waals surface area (Å²) in [6, 6.07) is 0. The van der Waals surface area contributed by atoms with Crippen molar-refractivity contribution in [1.29, 1.82) is 0 Å². The summed E-state index contributed by atoms with van der Waals surface area (Å²) in [6.45, 7) is 2.04. The zero-order valence-electron chi connectivity index (χ0n) is 4.65. The minimum absolute atomic E-state index is 1.34. The number of hydrogen-bond acceptors (Lipinski definition) is 0. The highest BCUT2D eigenvalue weighted by atomic mass is 14.1. The molecule has 1 aliphatic carbocycles. The first kappa shape index (κ1) is 4.63. The lowest BCUT2D eigenvalue weighted by Gasteiger charge is -1.64. The van der Waals surface area contributed by atoms with Crippen LogP contribution in [0.5, 0.6) is 0 Å². The third-order valence-electron chi connectivity index (χ3n) is 1.06. The van der Waals surface area contributed by atoms with Crippen molar-refractivity contribution in [2.75, 3.05) is 0 Å². The van der Waals surface area contributed by atoms with Crippen LogP contribution < -0.4 is 0 Å². The summed E-state index contributed by atoms with van der Waals surface area (Å²) in [5.74, 6) is 0. The lowest BCUT2D eigenvalue weighted by molar-refractivity contribution is 1.50. The Hall–Kier alpha value is -0.520. The van der Waals surface area contributed by atoms with Crippen molar-refractivity contribution in [3.63, 3.8) is 0 Å². The zero-order chi connectivity index (χ0) is 5.11. The van der Waals surface area contributed by atoms with Gasteiger partial charge in [-0.2, -0.15) is 0 Å². The van der Waals surface area contributed by atoms with Gasteiger partial charge in [-0.3, -0.25) is 0 Å². The molecule has 0 N–H and O–H groups in total. The molecule has 0 heterocycles. The maximum Gasteiger partial charge on any atom is -0.0280 e. The highest BCUT2D eigenvalue weighted by molar-refractivity contribution is 5.22. The minimum Gasteiger partial charge on any atom is -0.0877 e. The predicted molar refractivity (Wildman–Crippen MR) is 32.1 cm³/mol. The van der Waals surface area contributed by atoms with Gasteiger partial charge in [0.2, 0.25) is 0 Å². The summed E-state index contributed by atoms with van der Waals surface area (Å²) in [7, 11) is 0. The van der Waals surface area contributed by atoms with E-state index in [1.54, 1.807) is 5.57 Å². The van der Waals surface area contributed by atoms with Crippen LogP contribution in [0.1, 0.15) is 19.8 Å². The summed E-state index contributed by atoms with van der Waals surface area (Å²) < 4.78 is 0. The van der Waals surface area contributed by atoms with Crippen LogP contribution in [0.15, 0.2) is 23.8 Å². The van der Waals surface area contributed by atoms with E-state index in [1.807, 2.05) is 6.92 Å². The van der Waals surface area contributed by atoms with Crippen molar-refractivity contribution in [2.45, 2.75) is 19.8 Å². The molecule has 38 valence electrons. The zero-order valence-corrected chi connectivity index (χ0v) is 4.65. The largest absolute Gasteiger partial charge is 0.0877 e. The van der Waals surface area contributed by atoms with E-state index in [-0.39, 0.29) is 0 Å². The van der Waals surface area contributed by atoms with Crippen molar-refractivity contribution in [3.8, 4) is 0 Å². The van der Waals surface area contributed by atoms with Gasteiger partial charge in [-0.25, -0.2) is 0 Å². The molecule has 0 radical (unpaired) electrons. The lowest BCUT2D eigenvalue weighted by atomic mass is 10.4. The summed E-state index contributed by atoms with van der Waals surface area (Å²) in [5.41, 5.74) is 1.60. The molecule has 0 atom stereocenters. The van der Waals surface area contributed by atoms with Crippen molar-refractivity contribution in [1.82, 2.24) is 0 Å². The Labute approximate surface area is 44.5 Å². The van der Waals surface area contributed by atoms with Crippen LogP contribution in [0.3, 0.4) is 0 Å².